The van der Waals surface area contributed by atoms with Gasteiger partial charge in [0.1, 0.15) is 0 Å². The van der Waals surface area contributed by atoms with Crippen LogP contribution in [0.15, 0.2) is 29.6 Å². The fourth-order valence-corrected chi connectivity index (χ4v) is 2.29. The number of hydrogen-bond donors (Lipinski definition) is 1. The largest absolute Gasteiger partial charge is 0.461 e. The van der Waals surface area contributed by atoms with Crippen LogP contribution in [0, 0.1) is 5.41 Å². The molecule has 1 aromatic heterocycles. The van der Waals surface area contributed by atoms with Crippen molar-refractivity contribution in [1.29, 1.82) is 0 Å². The van der Waals surface area contributed by atoms with Crippen molar-refractivity contribution in [3.63, 3.8) is 0 Å². The molecule has 1 N–H and O–H groups in total. The summed E-state index contributed by atoms with van der Waals surface area (Å²) in [5.74, 6) is -1.12. The summed E-state index contributed by atoms with van der Waals surface area (Å²) in [6.07, 6.45) is 2.89. The first-order chi connectivity index (χ1) is 10.7. The standard InChI is InChI=1S/C16H21N3O4/c1-5-23-14(21)12-10-16(22,15(2,3)4)19(18-12)13(20)11-6-8-17-9-7-11/h6-9,22H,5,10H2,1-4H3/t16-/m0/s1. The number of esters is 1. The number of rotatable bonds is 3. The molecule has 0 saturated carbocycles. The van der Waals surface area contributed by atoms with Crippen LogP contribution in [0.4, 0.5) is 0 Å². The molecule has 23 heavy (non-hydrogen) atoms. The summed E-state index contributed by atoms with van der Waals surface area (Å²) in [7, 11) is 0. The van der Waals surface area contributed by atoms with E-state index in [2.05, 4.69) is 10.1 Å². The van der Waals surface area contributed by atoms with Gasteiger partial charge in [-0.15, -0.1) is 0 Å². The van der Waals surface area contributed by atoms with E-state index in [-0.39, 0.29) is 18.7 Å². The van der Waals surface area contributed by atoms with Crippen molar-refractivity contribution < 1.29 is 19.4 Å². The van der Waals surface area contributed by atoms with Crippen LogP contribution in [0.5, 0.6) is 0 Å². The number of ether oxygens (including phenoxy) is 1. The maximum atomic E-state index is 12.7. The van der Waals surface area contributed by atoms with Crippen molar-refractivity contribution in [3.05, 3.63) is 30.1 Å². The van der Waals surface area contributed by atoms with Crippen molar-refractivity contribution in [2.45, 2.75) is 39.8 Å². The lowest BCUT2D eigenvalue weighted by atomic mass is 9.80. The van der Waals surface area contributed by atoms with Crippen LogP contribution in [0.1, 0.15) is 44.5 Å². The second-order valence-corrected chi connectivity index (χ2v) is 6.36. The second-order valence-electron chi connectivity index (χ2n) is 6.36. The normalized spacial score (nSPS) is 21.1. The van der Waals surface area contributed by atoms with Gasteiger partial charge in [-0.05, 0) is 19.1 Å². The average molecular weight is 319 g/mol. The SMILES string of the molecule is CCOC(=O)C1=NN(C(=O)c2ccncc2)[C@@](O)(C(C)(C)C)C1. The minimum absolute atomic E-state index is 0.0340. The lowest BCUT2D eigenvalue weighted by Crippen LogP contribution is -2.55. The Morgan fingerprint density at radius 3 is 2.48 bits per heavy atom. The first kappa shape index (κ1) is 17.1. The smallest absolute Gasteiger partial charge is 0.354 e. The van der Waals surface area contributed by atoms with E-state index in [1.165, 1.54) is 24.5 Å². The number of nitrogens with zero attached hydrogens (tertiary/aromatic N) is 3. The predicted molar refractivity (Wildman–Crippen MR) is 83.5 cm³/mol. The monoisotopic (exact) mass is 319 g/mol. The van der Waals surface area contributed by atoms with Gasteiger partial charge in [0.2, 0.25) is 0 Å². The highest BCUT2D eigenvalue weighted by atomic mass is 16.5. The maximum Gasteiger partial charge on any atom is 0.354 e. The molecular weight excluding hydrogens is 298 g/mol. The van der Waals surface area contributed by atoms with Crippen LogP contribution in [0.25, 0.3) is 0 Å². The molecular formula is C16H21N3O4. The highest BCUT2D eigenvalue weighted by Gasteiger charge is 2.54. The number of hydrogen-bond acceptors (Lipinski definition) is 6. The van der Waals surface area contributed by atoms with Gasteiger partial charge in [0, 0.05) is 29.8 Å². The molecule has 124 valence electrons. The van der Waals surface area contributed by atoms with E-state index in [0.29, 0.717) is 5.56 Å². The van der Waals surface area contributed by atoms with E-state index < -0.39 is 23.0 Å². The summed E-state index contributed by atoms with van der Waals surface area (Å²) >= 11 is 0. The minimum atomic E-state index is -1.62. The number of hydrazone groups is 1. The van der Waals surface area contributed by atoms with E-state index in [1.54, 1.807) is 27.7 Å². The first-order valence-corrected chi connectivity index (χ1v) is 7.42. The summed E-state index contributed by atoms with van der Waals surface area (Å²) < 4.78 is 4.94. The molecule has 0 saturated heterocycles. The Balaban J connectivity index is 2.42. The van der Waals surface area contributed by atoms with Gasteiger partial charge in [-0.2, -0.15) is 10.1 Å². The molecule has 1 amide bonds. The van der Waals surface area contributed by atoms with Crippen molar-refractivity contribution >= 4 is 17.6 Å². The number of carbonyl (C=O) groups is 2. The molecule has 0 fully saturated rings. The number of aliphatic hydroxyl groups is 1. The molecule has 7 nitrogen and oxygen atoms in total. The predicted octanol–water partition coefficient (Wildman–Crippen LogP) is 1.58. The fraction of sp³-hybridized carbons (Fsp3) is 0.500. The summed E-state index contributed by atoms with van der Waals surface area (Å²) in [6.45, 7) is 7.23. The Bertz CT molecular complexity index is 636. The van der Waals surface area contributed by atoms with Gasteiger partial charge in [0.05, 0.1) is 6.61 Å². The molecule has 7 heteroatoms. The van der Waals surface area contributed by atoms with E-state index in [0.717, 1.165) is 5.01 Å². The Kier molecular flexibility index (Phi) is 4.51. The van der Waals surface area contributed by atoms with Crippen molar-refractivity contribution in [3.8, 4) is 0 Å². The van der Waals surface area contributed by atoms with Gasteiger partial charge in [0.25, 0.3) is 5.91 Å². The Labute approximate surface area is 135 Å². The summed E-state index contributed by atoms with van der Waals surface area (Å²) in [4.78, 5) is 28.5. The third kappa shape index (κ3) is 3.10. The highest BCUT2D eigenvalue weighted by Crippen LogP contribution is 2.41. The van der Waals surface area contributed by atoms with Gasteiger partial charge < -0.3 is 9.84 Å². The van der Waals surface area contributed by atoms with Gasteiger partial charge >= 0.3 is 5.97 Å². The number of pyridine rings is 1. The maximum absolute atomic E-state index is 12.7. The fourth-order valence-electron chi connectivity index (χ4n) is 2.29. The molecule has 0 aromatic carbocycles. The van der Waals surface area contributed by atoms with Crippen molar-refractivity contribution in [1.82, 2.24) is 9.99 Å². The zero-order chi connectivity index (χ0) is 17.3. The molecule has 1 atom stereocenters. The van der Waals surface area contributed by atoms with Crippen LogP contribution in [-0.2, 0) is 9.53 Å². The molecule has 2 rings (SSSR count). The molecule has 0 radical (unpaired) electrons. The van der Waals surface area contributed by atoms with E-state index in [4.69, 9.17) is 4.74 Å². The summed E-state index contributed by atoms with van der Waals surface area (Å²) in [5.41, 5.74) is -1.97. The Morgan fingerprint density at radius 2 is 1.96 bits per heavy atom. The van der Waals surface area contributed by atoms with E-state index in [9.17, 15) is 14.7 Å². The molecule has 1 aliphatic rings. The minimum Gasteiger partial charge on any atom is -0.461 e. The Morgan fingerprint density at radius 1 is 1.35 bits per heavy atom. The third-order valence-electron chi connectivity index (χ3n) is 3.82. The highest BCUT2D eigenvalue weighted by molar-refractivity contribution is 6.37. The summed E-state index contributed by atoms with van der Waals surface area (Å²) in [5, 5.41) is 16.1. The molecule has 1 aromatic rings. The molecule has 1 aliphatic heterocycles. The molecule has 0 bridgehead atoms. The average Bonchev–Trinajstić information content (AvgIpc) is 2.87. The molecule has 0 unspecified atom stereocenters. The lowest BCUT2D eigenvalue weighted by Gasteiger charge is -2.41. The zero-order valence-electron chi connectivity index (χ0n) is 13.7. The quantitative estimate of drug-likeness (QED) is 0.854. The van der Waals surface area contributed by atoms with Gasteiger partial charge in [-0.3, -0.25) is 9.78 Å². The van der Waals surface area contributed by atoms with Gasteiger partial charge in [0.15, 0.2) is 11.4 Å². The number of aromatic nitrogens is 1. The Hall–Kier alpha value is -2.28. The van der Waals surface area contributed by atoms with Crippen LogP contribution < -0.4 is 0 Å². The molecule has 2 heterocycles. The van der Waals surface area contributed by atoms with Gasteiger partial charge in [-0.1, -0.05) is 20.8 Å². The topological polar surface area (TPSA) is 92.1 Å². The van der Waals surface area contributed by atoms with Crippen molar-refractivity contribution in [2.75, 3.05) is 6.61 Å². The third-order valence-corrected chi connectivity index (χ3v) is 3.82. The number of carbonyl (C=O) groups excluding carboxylic acids is 2. The molecule has 0 aliphatic carbocycles. The van der Waals surface area contributed by atoms with Crippen LogP contribution in [-0.4, -0.2) is 45.0 Å². The van der Waals surface area contributed by atoms with E-state index >= 15 is 0 Å². The van der Waals surface area contributed by atoms with Crippen LogP contribution >= 0.6 is 0 Å². The number of amides is 1. The first-order valence-electron chi connectivity index (χ1n) is 7.42. The van der Waals surface area contributed by atoms with Crippen molar-refractivity contribution in [2.24, 2.45) is 10.5 Å². The summed E-state index contributed by atoms with van der Waals surface area (Å²) in [6, 6.07) is 3.06. The zero-order valence-corrected chi connectivity index (χ0v) is 13.7. The van der Waals surface area contributed by atoms with Crippen LogP contribution in [0.3, 0.4) is 0 Å². The van der Waals surface area contributed by atoms with E-state index in [1.807, 2.05) is 0 Å². The molecule has 0 spiro atoms. The van der Waals surface area contributed by atoms with Gasteiger partial charge in [-0.25, -0.2) is 4.79 Å². The van der Waals surface area contributed by atoms with Crippen LogP contribution in [0.2, 0.25) is 0 Å². The lowest BCUT2D eigenvalue weighted by molar-refractivity contribution is -0.144. The second kappa shape index (κ2) is 6.08.